The number of aryl methyl sites for hydroxylation is 1. The first-order chi connectivity index (χ1) is 12.0. The Labute approximate surface area is 150 Å². The highest BCUT2D eigenvalue weighted by atomic mass is 16.2. The Morgan fingerprint density at radius 2 is 1.96 bits per heavy atom. The Morgan fingerprint density at radius 1 is 1.24 bits per heavy atom. The van der Waals surface area contributed by atoms with Gasteiger partial charge in [-0.05, 0) is 44.2 Å². The molecule has 0 saturated carbocycles. The summed E-state index contributed by atoms with van der Waals surface area (Å²) in [4.78, 5) is 14.8. The zero-order valence-electron chi connectivity index (χ0n) is 15.7. The van der Waals surface area contributed by atoms with Gasteiger partial charge in [-0.15, -0.1) is 0 Å². The van der Waals surface area contributed by atoms with Gasteiger partial charge in [0.1, 0.15) is 6.54 Å². The Kier molecular flexibility index (Phi) is 5.74. The number of piperidine rings is 1. The van der Waals surface area contributed by atoms with Gasteiger partial charge in [0, 0.05) is 25.0 Å². The van der Waals surface area contributed by atoms with E-state index in [0.717, 1.165) is 47.9 Å². The normalized spacial score (nSPS) is 21.6. The number of rotatable bonds is 6. The molecule has 1 aliphatic heterocycles. The van der Waals surface area contributed by atoms with Gasteiger partial charge in [0.15, 0.2) is 0 Å². The number of carbonyl (C=O) groups is 1. The second-order valence-electron chi connectivity index (χ2n) is 7.67. The van der Waals surface area contributed by atoms with Crippen LogP contribution in [0.2, 0.25) is 0 Å². The molecule has 1 saturated heterocycles. The minimum Gasteiger partial charge on any atom is -0.354 e. The van der Waals surface area contributed by atoms with Crippen molar-refractivity contribution in [2.75, 3.05) is 26.2 Å². The fourth-order valence-electron chi connectivity index (χ4n) is 4.11. The van der Waals surface area contributed by atoms with Crippen LogP contribution in [0.3, 0.4) is 0 Å². The van der Waals surface area contributed by atoms with Crippen molar-refractivity contribution >= 4 is 16.8 Å². The largest absolute Gasteiger partial charge is 0.354 e. The summed E-state index contributed by atoms with van der Waals surface area (Å²) in [5.41, 5.74) is 1.99. The molecule has 1 N–H and O–H groups in total. The molecule has 2 aromatic rings. The van der Waals surface area contributed by atoms with Crippen molar-refractivity contribution in [2.45, 2.75) is 40.2 Å². The molecular weight excluding hydrogens is 312 g/mol. The van der Waals surface area contributed by atoms with Gasteiger partial charge in [0.05, 0.1) is 11.2 Å². The van der Waals surface area contributed by atoms with E-state index in [2.05, 4.69) is 29.2 Å². The maximum absolute atomic E-state index is 12.2. The van der Waals surface area contributed by atoms with Gasteiger partial charge in [0.25, 0.3) is 0 Å². The third kappa shape index (κ3) is 4.60. The number of carbonyl (C=O) groups excluding carboxylic acids is 1. The van der Waals surface area contributed by atoms with Crippen LogP contribution < -0.4 is 5.32 Å². The molecule has 2 heterocycles. The van der Waals surface area contributed by atoms with Gasteiger partial charge < -0.3 is 10.2 Å². The van der Waals surface area contributed by atoms with Gasteiger partial charge in [-0.25, -0.2) is 0 Å². The molecule has 0 bridgehead atoms. The lowest BCUT2D eigenvalue weighted by molar-refractivity contribution is -0.121. The number of amides is 1. The zero-order chi connectivity index (χ0) is 17.8. The molecule has 1 fully saturated rings. The van der Waals surface area contributed by atoms with E-state index in [1.54, 1.807) is 4.68 Å². The van der Waals surface area contributed by atoms with Crippen LogP contribution in [0.25, 0.3) is 10.9 Å². The molecule has 25 heavy (non-hydrogen) atoms. The molecule has 0 aliphatic carbocycles. The minimum atomic E-state index is 0.0358. The van der Waals surface area contributed by atoms with E-state index in [4.69, 9.17) is 0 Å². The smallest absolute Gasteiger partial charge is 0.241 e. The van der Waals surface area contributed by atoms with E-state index in [9.17, 15) is 4.79 Å². The maximum atomic E-state index is 12.2. The summed E-state index contributed by atoms with van der Waals surface area (Å²) in [6.07, 6.45) is 2.34. The number of nitrogens with one attached hydrogen (secondary N) is 1. The highest BCUT2D eigenvalue weighted by Gasteiger charge is 2.21. The van der Waals surface area contributed by atoms with Gasteiger partial charge in [-0.3, -0.25) is 9.48 Å². The van der Waals surface area contributed by atoms with Crippen LogP contribution >= 0.6 is 0 Å². The summed E-state index contributed by atoms with van der Waals surface area (Å²) in [5, 5.41) is 8.65. The number of hydrogen-bond acceptors (Lipinski definition) is 3. The minimum absolute atomic E-state index is 0.0358. The first-order valence-corrected chi connectivity index (χ1v) is 9.44. The first kappa shape index (κ1) is 17.9. The molecular formula is C20H30N4O. The Morgan fingerprint density at radius 3 is 2.72 bits per heavy atom. The standard InChI is InChI=1S/C20H30N4O/c1-15-11-16(2)13-23(12-15)10-6-9-21-20(25)14-24-19-8-5-4-7-18(19)17(3)22-24/h4-5,7-8,15-16H,6,9-14H2,1-3H3,(H,21,25)/t15-,16-/m0/s1. The molecule has 2 atom stereocenters. The third-order valence-electron chi connectivity index (χ3n) is 5.05. The number of benzene rings is 1. The summed E-state index contributed by atoms with van der Waals surface area (Å²) >= 11 is 0. The summed E-state index contributed by atoms with van der Waals surface area (Å²) in [7, 11) is 0. The van der Waals surface area contributed by atoms with Gasteiger partial charge in [-0.2, -0.15) is 5.10 Å². The van der Waals surface area contributed by atoms with Crippen molar-refractivity contribution in [3.63, 3.8) is 0 Å². The number of aromatic nitrogens is 2. The van der Waals surface area contributed by atoms with Crippen molar-refractivity contribution in [3.8, 4) is 0 Å². The van der Waals surface area contributed by atoms with Crippen molar-refractivity contribution < 1.29 is 4.79 Å². The van der Waals surface area contributed by atoms with Crippen LogP contribution in [0.4, 0.5) is 0 Å². The molecule has 136 valence electrons. The number of likely N-dealkylation sites (tertiary alicyclic amines) is 1. The molecule has 1 aliphatic rings. The van der Waals surface area contributed by atoms with Crippen LogP contribution in [0.15, 0.2) is 24.3 Å². The van der Waals surface area contributed by atoms with Crippen molar-refractivity contribution in [2.24, 2.45) is 11.8 Å². The molecule has 1 aromatic carbocycles. The average molecular weight is 342 g/mol. The zero-order valence-corrected chi connectivity index (χ0v) is 15.7. The quantitative estimate of drug-likeness (QED) is 0.821. The number of para-hydroxylation sites is 1. The lowest BCUT2D eigenvalue weighted by Crippen LogP contribution is -2.40. The average Bonchev–Trinajstić information content (AvgIpc) is 2.87. The highest BCUT2D eigenvalue weighted by molar-refractivity contribution is 5.84. The molecule has 5 nitrogen and oxygen atoms in total. The van der Waals surface area contributed by atoms with E-state index in [-0.39, 0.29) is 12.5 Å². The van der Waals surface area contributed by atoms with Gasteiger partial charge >= 0.3 is 0 Å². The topological polar surface area (TPSA) is 50.2 Å². The summed E-state index contributed by atoms with van der Waals surface area (Å²) in [5.74, 6) is 1.61. The number of nitrogens with zero attached hydrogens (tertiary/aromatic N) is 3. The third-order valence-corrected chi connectivity index (χ3v) is 5.05. The van der Waals surface area contributed by atoms with E-state index in [1.807, 2.05) is 31.2 Å². The summed E-state index contributed by atoms with van der Waals surface area (Å²) in [6.45, 7) is 11.1. The van der Waals surface area contributed by atoms with Crippen LogP contribution in [0.5, 0.6) is 0 Å². The van der Waals surface area contributed by atoms with Crippen LogP contribution in [0, 0.1) is 18.8 Å². The molecule has 0 radical (unpaired) electrons. The van der Waals surface area contributed by atoms with Gasteiger partial charge in [-0.1, -0.05) is 32.0 Å². The van der Waals surface area contributed by atoms with Crippen molar-refractivity contribution in [1.29, 1.82) is 0 Å². The molecule has 3 rings (SSSR count). The molecule has 0 unspecified atom stereocenters. The molecule has 1 amide bonds. The lowest BCUT2D eigenvalue weighted by atomic mass is 9.92. The van der Waals surface area contributed by atoms with Crippen LogP contribution in [-0.4, -0.2) is 46.8 Å². The van der Waals surface area contributed by atoms with Crippen molar-refractivity contribution in [3.05, 3.63) is 30.0 Å². The molecule has 1 aromatic heterocycles. The number of fused-ring (bicyclic) bond motifs is 1. The van der Waals surface area contributed by atoms with E-state index < -0.39 is 0 Å². The SMILES string of the molecule is Cc1nn(CC(=O)NCCCN2C[C@@H](C)C[C@H](C)C2)c2ccccc12. The van der Waals surface area contributed by atoms with E-state index in [1.165, 1.54) is 19.5 Å². The predicted molar refractivity (Wildman–Crippen MR) is 101 cm³/mol. The van der Waals surface area contributed by atoms with Crippen molar-refractivity contribution in [1.82, 2.24) is 20.0 Å². The van der Waals surface area contributed by atoms with Crippen LogP contribution in [-0.2, 0) is 11.3 Å². The second-order valence-corrected chi connectivity index (χ2v) is 7.67. The number of hydrogen-bond donors (Lipinski definition) is 1. The Balaban J connectivity index is 1.44. The molecule has 5 heteroatoms. The summed E-state index contributed by atoms with van der Waals surface area (Å²) < 4.78 is 1.80. The highest BCUT2D eigenvalue weighted by Crippen LogP contribution is 2.20. The Bertz CT molecular complexity index is 714. The fourth-order valence-corrected chi connectivity index (χ4v) is 4.11. The van der Waals surface area contributed by atoms with E-state index in [0.29, 0.717) is 0 Å². The molecule has 0 spiro atoms. The maximum Gasteiger partial charge on any atom is 0.241 e. The monoisotopic (exact) mass is 342 g/mol. The summed E-state index contributed by atoms with van der Waals surface area (Å²) in [6, 6.07) is 8.05. The predicted octanol–water partition coefficient (Wildman–Crippen LogP) is 2.83. The second kappa shape index (κ2) is 8.00. The van der Waals surface area contributed by atoms with Gasteiger partial charge in [0.2, 0.25) is 5.91 Å². The lowest BCUT2D eigenvalue weighted by Gasteiger charge is -2.34. The van der Waals surface area contributed by atoms with Crippen LogP contribution in [0.1, 0.15) is 32.4 Å². The van der Waals surface area contributed by atoms with E-state index >= 15 is 0 Å². The Hall–Kier alpha value is -1.88. The fraction of sp³-hybridized carbons (Fsp3) is 0.600. The first-order valence-electron chi connectivity index (χ1n) is 9.44.